The Morgan fingerprint density at radius 1 is 1.20 bits per heavy atom. The molecule has 0 saturated carbocycles. The molecule has 2 amide bonds. The molecule has 5 nitrogen and oxygen atoms in total. The Balaban J connectivity index is 2.57. The summed E-state index contributed by atoms with van der Waals surface area (Å²) in [5.41, 5.74) is 2.24. The number of carboxylic acid groups (broad SMARTS) is 1. The molecule has 0 radical (unpaired) electrons. The molecule has 1 aromatic carbocycles. The summed E-state index contributed by atoms with van der Waals surface area (Å²) in [4.78, 5) is 24.0. The van der Waals surface area contributed by atoms with Crippen molar-refractivity contribution in [2.24, 2.45) is 0 Å². The Morgan fingerprint density at radius 2 is 1.75 bits per heavy atom. The molecule has 5 heteroatoms. The SMILES string of the molecule is CCc1ccc(CNC(=O)N(CC(=O)O)C(C)C)cc1. The smallest absolute Gasteiger partial charge is 0.323 e. The van der Waals surface area contributed by atoms with E-state index in [2.05, 4.69) is 12.2 Å². The van der Waals surface area contributed by atoms with Gasteiger partial charge in [-0.3, -0.25) is 4.79 Å². The van der Waals surface area contributed by atoms with Crippen LogP contribution in [0.4, 0.5) is 4.79 Å². The lowest BCUT2D eigenvalue weighted by atomic mass is 10.1. The van der Waals surface area contributed by atoms with Crippen molar-refractivity contribution in [2.45, 2.75) is 39.8 Å². The van der Waals surface area contributed by atoms with E-state index in [4.69, 9.17) is 5.11 Å². The van der Waals surface area contributed by atoms with Crippen molar-refractivity contribution in [2.75, 3.05) is 6.54 Å². The van der Waals surface area contributed by atoms with Crippen molar-refractivity contribution in [1.29, 1.82) is 0 Å². The summed E-state index contributed by atoms with van der Waals surface area (Å²) in [5, 5.41) is 11.5. The average molecular weight is 278 g/mol. The molecule has 0 aliphatic rings. The molecule has 20 heavy (non-hydrogen) atoms. The summed E-state index contributed by atoms with van der Waals surface area (Å²) in [6, 6.07) is 7.47. The number of carboxylic acids is 1. The maximum absolute atomic E-state index is 12.0. The average Bonchev–Trinajstić information content (AvgIpc) is 2.42. The van der Waals surface area contributed by atoms with Crippen LogP contribution >= 0.6 is 0 Å². The van der Waals surface area contributed by atoms with Gasteiger partial charge in [0.25, 0.3) is 0 Å². The number of carbonyl (C=O) groups excluding carboxylic acids is 1. The normalized spacial score (nSPS) is 10.4. The van der Waals surface area contributed by atoms with Crippen LogP contribution in [-0.4, -0.2) is 34.6 Å². The van der Waals surface area contributed by atoms with Crippen molar-refractivity contribution < 1.29 is 14.7 Å². The molecule has 0 aromatic heterocycles. The van der Waals surface area contributed by atoms with E-state index in [1.165, 1.54) is 10.5 Å². The summed E-state index contributed by atoms with van der Waals surface area (Å²) in [6.07, 6.45) is 0.979. The molecule has 110 valence electrons. The van der Waals surface area contributed by atoms with Gasteiger partial charge in [0.1, 0.15) is 6.54 Å². The molecule has 1 aromatic rings. The van der Waals surface area contributed by atoms with Crippen LogP contribution in [0.3, 0.4) is 0 Å². The second-order valence-corrected chi connectivity index (χ2v) is 4.94. The number of rotatable bonds is 6. The van der Waals surface area contributed by atoms with E-state index >= 15 is 0 Å². The molecular weight excluding hydrogens is 256 g/mol. The van der Waals surface area contributed by atoms with Crippen molar-refractivity contribution in [3.05, 3.63) is 35.4 Å². The van der Waals surface area contributed by atoms with Gasteiger partial charge in [-0.1, -0.05) is 31.2 Å². The zero-order chi connectivity index (χ0) is 15.1. The summed E-state index contributed by atoms with van der Waals surface area (Å²) < 4.78 is 0. The van der Waals surface area contributed by atoms with Gasteiger partial charge in [-0.15, -0.1) is 0 Å². The van der Waals surface area contributed by atoms with Gasteiger partial charge < -0.3 is 15.3 Å². The molecule has 0 saturated heterocycles. The first-order valence-corrected chi connectivity index (χ1v) is 6.78. The molecule has 0 atom stereocenters. The molecule has 0 aliphatic carbocycles. The molecule has 1 rings (SSSR count). The number of carbonyl (C=O) groups is 2. The molecule has 0 unspecified atom stereocenters. The van der Waals surface area contributed by atoms with E-state index < -0.39 is 5.97 Å². The minimum absolute atomic E-state index is 0.159. The van der Waals surface area contributed by atoms with E-state index in [1.807, 2.05) is 24.3 Å². The third-order valence-corrected chi connectivity index (χ3v) is 3.06. The number of nitrogens with one attached hydrogen (secondary N) is 1. The summed E-state index contributed by atoms with van der Waals surface area (Å²) >= 11 is 0. The largest absolute Gasteiger partial charge is 0.480 e. The van der Waals surface area contributed by atoms with Gasteiger partial charge >= 0.3 is 12.0 Å². The van der Waals surface area contributed by atoms with Gasteiger partial charge in [-0.05, 0) is 31.4 Å². The fourth-order valence-electron chi connectivity index (χ4n) is 1.81. The van der Waals surface area contributed by atoms with Gasteiger partial charge in [-0.2, -0.15) is 0 Å². The van der Waals surface area contributed by atoms with Crippen LogP contribution in [-0.2, 0) is 17.8 Å². The van der Waals surface area contributed by atoms with Crippen LogP contribution in [0.15, 0.2) is 24.3 Å². The Bertz CT molecular complexity index is 455. The van der Waals surface area contributed by atoms with Gasteiger partial charge in [0.15, 0.2) is 0 Å². The zero-order valence-electron chi connectivity index (χ0n) is 12.2. The first-order chi connectivity index (χ1) is 9.43. The maximum Gasteiger partial charge on any atom is 0.323 e. The number of nitrogens with zero attached hydrogens (tertiary/aromatic N) is 1. The number of aliphatic carboxylic acids is 1. The van der Waals surface area contributed by atoms with Gasteiger partial charge in [0.05, 0.1) is 0 Å². The minimum atomic E-state index is -1.01. The van der Waals surface area contributed by atoms with Gasteiger partial charge in [0, 0.05) is 12.6 Å². The summed E-state index contributed by atoms with van der Waals surface area (Å²) in [5.74, 6) is -1.01. The number of aryl methyl sites for hydroxylation is 1. The molecule has 0 spiro atoms. The van der Waals surface area contributed by atoms with Gasteiger partial charge in [0.2, 0.25) is 0 Å². The van der Waals surface area contributed by atoms with Crippen molar-refractivity contribution >= 4 is 12.0 Å². The lowest BCUT2D eigenvalue weighted by molar-refractivity contribution is -0.138. The number of hydrogen-bond acceptors (Lipinski definition) is 2. The number of urea groups is 1. The first kappa shape index (κ1) is 16.0. The van der Waals surface area contributed by atoms with Gasteiger partial charge in [-0.25, -0.2) is 4.79 Å². The monoisotopic (exact) mass is 278 g/mol. The van der Waals surface area contributed by atoms with E-state index in [9.17, 15) is 9.59 Å². The standard InChI is InChI=1S/C15H22N2O3/c1-4-12-5-7-13(8-6-12)9-16-15(20)17(11(2)3)10-14(18)19/h5-8,11H,4,9-10H2,1-3H3,(H,16,20)(H,18,19). The third kappa shape index (κ3) is 4.91. The van der Waals surface area contributed by atoms with Crippen molar-refractivity contribution in [3.63, 3.8) is 0 Å². The zero-order valence-corrected chi connectivity index (χ0v) is 12.2. The van der Waals surface area contributed by atoms with E-state index in [-0.39, 0.29) is 18.6 Å². The highest BCUT2D eigenvalue weighted by Gasteiger charge is 2.19. The predicted octanol–water partition coefficient (Wildman–Crippen LogP) is 2.25. The Morgan fingerprint density at radius 3 is 2.20 bits per heavy atom. The highest BCUT2D eigenvalue weighted by Crippen LogP contribution is 2.05. The topological polar surface area (TPSA) is 69.6 Å². The Hall–Kier alpha value is -2.04. The van der Waals surface area contributed by atoms with Crippen LogP contribution in [0.1, 0.15) is 31.9 Å². The molecule has 0 fully saturated rings. The van der Waals surface area contributed by atoms with Crippen LogP contribution in [0, 0.1) is 0 Å². The quantitative estimate of drug-likeness (QED) is 0.838. The molecular formula is C15H22N2O3. The minimum Gasteiger partial charge on any atom is -0.480 e. The Kier molecular flexibility index (Phi) is 6.03. The van der Waals surface area contributed by atoms with Crippen molar-refractivity contribution in [1.82, 2.24) is 10.2 Å². The number of amides is 2. The molecule has 2 N–H and O–H groups in total. The first-order valence-electron chi connectivity index (χ1n) is 6.78. The molecule has 0 aliphatic heterocycles. The summed E-state index contributed by atoms with van der Waals surface area (Å²) in [7, 11) is 0. The highest BCUT2D eigenvalue weighted by atomic mass is 16.4. The second-order valence-electron chi connectivity index (χ2n) is 4.94. The maximum atomic E-state index is 12.0. The van der Waals surface area contributed by atoms with Crippen LogP contribution < -0.4 is 5.32 Å². The van der Waals surface area contributed by atoms with E-state index in [0.717, 1.165) is 12.0 Å². The fraction of sp³-hybridized carbons (Fsp3) is 0.467. The molecule has 0 bridgehead atoms. The van der Waals surface area contributed by atoms with Crippen LogP contribution in [0.5, 0.6) is 0 Å². The predicted molar refractivity (Wildman–Crippen MR) is 77.5 cm³/mol. The lowest BCUT2D eigenvalue weighted by Gasteiger charge is -2.25. The van der Waals surface area contributed by atoms with Crippen LogP contribution in [0.25, 0.3) is 0 Å². The number of hydrogen-bond donors (Lipinski definition) is 2. The number of benzene rings is 1. The summed E-state index contributed by atoms with van der Waals surface area (Å²) in [6.45, 7) is 5.77. The fourth-order valence-corrected chi connectivity index (χ4v) is 1.81. The Labute approximate surface area is 119 Å². The van der Waals surface area contributed by atoms with E-state index in [0.29, 0.717) is 6.54 Å². The highest BCUT2D eigenvalue weighted by molar-refractivity contribution is 5.80. The third-order valence-electron chi connectivity index (χ3n) is 3.06. The van der Waals surface area contributed by atoms with E-state index in [1.54, 1.807) is 13.8 Å². The second kappa shape index (κ2) is 7.53. The molecule has 0 heterocycles. The van der Waals surface area contributed by atoms with Crippen molar-refractivity contribution in [3.8, 4) is 0 Å². The lowest BCUT2D eigenvalue weighted by Crippen LogP contribution is -2.46. The van der Waals surface area contributed by atoms with Crippen LogP contribution in [0.2, 0.25) is 0 Å².